The molecule has 0 heterocycles. The highest BCUT2D eigenvalue weighted by atomic mass is 31.1. The quantitative estimate of drug-likeness (QED) is 0.470. The highest BCUT2D eigenvalue weighted by Gasteiger charge is 1.83. The zero-order valence-corrected chi connectivity index (χ0v) is 8.27. The van der Waals surface area contributed by atoms with E-state index >= 15 is 0 Å². The molecule has 9 heavy (non-hydrogen) atoms. The van der Waals surface area contributed by atoms with Gasteiger partial charge < -0.3 is 0 Å². The van der Waals surface area contributed by atoms with Crippen LogP contribution in [0.3, 0.4) is 0 Å². The Hall–Kier alpha value is 0.820. The summed E-state index contributed by atoms with van der Waals surface area (Å²) < 4.78 is 0. The normalized spacial score (nSPS) is 11.3. The van der Waals surface area contributed by atoms with E-state index < -0.39 is 0 Å². The maximum Gasteiger partial charge on any atom is -0.00121 e. The average Bonchev–Trinajstić information content (AvgIpc) is 1.89. The maximum atomic E-state index is 3.38. The van der Waals surface area contributed by atoms with Crippen LogP contribution in [-0.4, -0.2) is 12.4 Å². The molecule has 0 bridgehead atoms. The van der Waals surface area contributed by atoms with Gasteiger partial charge in [0.1, 0.15) is 0 Å². The zero-order valence-electron chi connectivity index (χ0n) is 6.11. The van der Waals surface area contributed by atoms with Gasteiger partial charge in [-0.25, -0.2) is 0 Å². The fourth-order valence-electron chi connectivity index (χ4n) is 0.624. The van der Waals surface area contributed by atoms with Gasteiger partial charge in [-0.3, -0.25) is 5.09 Å². The number of nitrogens with one attached hydrogen (secondary N) is 1. The van der Waals surface area contributed by atoms with Crippen molar-refractivity contribution < 1.29 is 0 Å². The zero-order chi connectivity index (χ0) is 6.95. The molecule has 0 saturated heterocycles. The van der Waals surface area contributed by atoms with Crippen LogP contribution < -0.4 is 5.09 Å². The first-order valence-electron chi connectivity index (χ1n) is 3.57. The second kappa shape index (κ2) is 8.82. The average molecular weight is 165 g/mol. The van der Waals surface area contributed by atoms with E-state index in [1.54, 1.807) is 0 Å². The SMILES string of the molecule is CCCCCNPCP. The van der Waals surface area contributed by atoms with Crippen LogP contribution >= 0.6 is 18.0 Å². The fourth-order valence-corrected chi connectivity index (χ4v) is 1.55. The summed E-state index contributed by atoms with van der Waals surface area (Å²) in [5.74, 6) is 1.20. The Morgan fingerprint density at radius 3 is 2.78 bits per heavy atom. The minimum absolute atomic E-state index is 0.939. The van der Waals surface area contributed by atoms with Gasteiger partial charge in [-0.2, -0.15) is 0 Å². The lowest BCUT2D eigenvalue weighted by molar-refractivity contribution is 0.707. The summed E-state index contributed by atoms with van der Waals surface area (Å²) >= 11 is 0. The first-order valence-corrected chi connectivity index (χ1v) is 5.60. The lowest BCUT2D eigenvalue weighted by atomic mass is 10.3. The molecule has 2 unspecified atom stereocenters. The van der Waals surface area contributed by atoms with E-state index in [4.69, 9.17) is 0 Å². The number of unbranched alkanes of at least 4 members (excludes halogenated alkanes) is 2. The van der Waals surface area contributed by atoms with Crippen molar-refractivity contribution in [2.45, 2.75) is 26.2 Å². The Kier molecular flexibility index (Phi) is 9.62. The van der Waals surface area contributed by atoms with Crippen molar-refractivity contribution >= 4 is 18.0 Å². The molecule has 0 rings (SSSR count). The predicted molar refractivity (Wildman–Crippen MR) is 50.4 cm³/mol. The largest absolute Gasteiger partial charge is 0.298 e. The van der Waals surface area contributed by atoms with Crippen LogP contribution in [0, 0.1) is 0 Å². The van der Waals surface area contributed by atoms with E-state index in [9.17, 15) is 0 Å². The van der Waals surface area contributed by atoms with Crippen LogP contribution in [0.5, 0.6) is 0 Å². The summed E-state index contributed by atoms with van der Waals surface area (Å²) in [4.78, 5) is 0. The van der Waals surface area contributed by atoms with Crippen LogP contribution in [0.25, 0.3) is 0 Å². The van der Waals surface area contributed by atoms with Crippen LogP contribution in [-0.2, 0) is 0 Å². The molecule has 2 atom stereocenters. The van der Waals surface area contributed by atoms with Crippen LogP contribution in [0.1, 0.15) is 26.2 Å². The fraction of sp³-hybridized carbons (Fsp3) is 1.00. The topological polar surface area (TPSA) is 12.0 Å². The third-order valence-corrected chi connectivity index (χ3v) is 2.45. The van der Waals surface area contributed by atoms with Crippen LogP contribution in [0.2, 0.25) is 0 Å². The van der Waals surface area contributed by atoms with E-state index in [-0.39, 0.29) is 0 Å². The molecule has 0 aromatic carbocycles. The summed E-state index contributed by atoms with van der Waals surface area (Å²) in [7, 11) is 3.67. The number of rotatable bonds is 6. The molecule has 0 spiro atoms. The first kappa shape index (κ1) is 9.82. The van der Waals surface area contributed by atoms with Gasteiger partial charge in [0.25, 0.3) is 0 Å². The molecule has 0 aromatic rings. The highest BCUT2D eigenvalue weighted by molar-refractivity contribution is 7.47. The van der Waals surface area contributed by atoms with Crippen molar-refractivity contribution in [2.75, 3.05) is 12.4 Å². The Morgan fingerprint density at radius 2 is 2.22 bits per heavy atom. The Morgan fingerprint density at radius 1 is 1.44 bits per heavy atom. The Bertz CT molecular complexity index is 44.3. The van der Waals surface area contributed by atoms with Crippen molar-refractivity contribution in [2.24, 2.45) is 0 Å². The first-order chi connectivity index (χ1) is 4.41. The third kappa shape index (κ3) is 8.82. The standard InChI is InChI=1S/C6H17NP2/c1-2-3-4-5-7-9-6-8/h7,9H,2-6,8H2,1H3. The third-order valence-electron chi connectivity index (χ3n) is 1.13. The van der Waals surface area contributed by atoms with Gasteiger partial charge in [0.05, 0.1) is 0 Å². The van der Waals surface area contributed by atoms with Crippen molar-refractivity contribution in [1.29, 1.82) is 0 Å². The second-order valence-electron chi connectivity index (χ2n) is 2.01. The lowest BCUT2D eigenvalue weighted by Crippen LogP contribution is -2.02. The Balaban J connectivity index is 2.60. The van der Waals surface area contributed by atoms with Gasteiger partial charge in [0, 0.05) is 0 Å². The van der Waals surface area contributed by atoms with Gasteiger partial charge in [-0.1, -0.05) is 28.5 Å². The van der Waals surface area contributed by atoms with Gasteiger partial charge in [0.15, 0.2) is 0 Å². The molecular weight excluding hydrogens is 148 g/mol. The summed E-state index contributed by atoms with van der Waals surface area (Å²) in [6.07, 6.45) is 4.04. The molecular formula is C6H17NP2. The molecule has 3 heteroatoms. The molecule has 0 aromatic heterocycles. The van der Waals surface area contributed by atoms with E-state index in [2.05, 4.69) is 21.3 Å². The van der Waals surface area contributed by atoms with E-state index in [0.717, 1.165) is 8.73 Å². The van der Waals surface area contributed by atoms with Gasteiger partial charge in [-0.15, -0.1) is 9.24 Å². The molecule has 56 valence electrons. The number of hydrogen-bond donors (Lipinski definition) is 1. The Labute approximate surface area is 62.4 Å². The summed E-state index contributed by atoms with van der Waals surface area (Å²) in [6.45, 7) is 3.44. The molecule has 0 radical (unpaired) electrons. The minimum atomic E-state index is 0.939. The molecule has 0 saturated carbocycles. The van der Waals surface area contributed by atoms with Crippen molar-refractivity contribution in [1.82, 2.24) is 5.09 Å². The second-order valence-corrected chi connectivity index (χ2v) is 4.35. The molecule has 0 fully saturated rings. The van der Waals surface area contributed by atoms with E-state index in [1.165, 1.54) is 31.7 Å². The van der Waals surface area contributed by atoms with Gasteiger partial charge in [0.2, 0.25) is 0 Å². The van der Waals surface area contributed by atoms with Crippen molar-refractivity contribution in [3.8, 4) is 0 Å². The molecule has 0 aliphatic heterocycles. The van der Waals surface area contributed by atoms with Gasteiger partial charge >= 0.3 is 0 Å². The minimum Gasteiger partial charge on any atom is -0.298 e. The lowest BCUT2D eigenvalue weighted by Gasteiger charge is -1.99. The molecule has 0 aliphatic carbocycles. The highest BCUT2D eigenvalue weighted by Crippen LogP contribution is 2.06. The van der Waals surface area contributed by atoms with Crippen LogP contribution in [0.15, 0.2) is 0 Å². The molecule has 1 nitrogen and oxygen atoms in total. The van der Waals surface area contributed by atoms with Gasteiger partial charge in [-0.05, 0) is 18.9 Å². The van der Waals surface area contributed by atoms with Crippen molar-refractivity contribution in [3.63, 3.8) is 0 Å². The summed E-state index contributed by atoms with van der Waals surface area (Å²) in [5, 5.41) is 3.38. The summed E-state index contributed by atoms with van der Waals surface area (Å²) in [6, 6.07) is 0. The van der Waals surface area contributed by atoms with E-state index in [1.807, 2.05) is 0 Å². The molecule has 0 amide bonds. The maximum absolute atomic E-state index is 3.38. The van der Waals surface area contributed by atoms with Crippen LogP contribution in [0.4, 0.5) is 0 Å². The molecule has 1 N–H and O–H groups in total. The monoisotopic (exact) mass is 165 g/mol. The summed E-state index contributed by atoms with van der Waals surface area (Å²) in [5.41, 5.74) is 0. The number of hydrogen-bond acceptors (Lipinski definition) is 1. The predicted octanol–water partition coefficient (Wildman–Crippen LogP) is 2.19. The van der Waals surface area contributed by atoms with E-state index in [0.29, 0.717) is 0 Å². The van der Waals surface area contributed by atoms with Crippen molar-refractivity contribution in [3.05, 3.63) is 0 Å². The smallest absolute Gasteiger partial charge is 0.00121 e. The molecule has 0 aliphatic rings.